The minimum atomic E-state index is -3.78. The van der Waals surface area contributed by atoms with Crippen molar-refractivity contribution in [1.29, 1.82) is 0 Å². The lowest BCUT2D eigenvalue weighted by molar-refractivity contribution is -0.385. The predicted molar refractivity (Wildman–Crippen MR) is 81.4 cm³/mol. The van der Waals surface area contributed by atoms with Crippen LogP contribution in [0.2, 0.25) is 0 Å². The van der Waals surface area contributed by atoms with E-state index >= 15 is 0 Å². The monoisotopic (exact) mass is 328 g/mol. The Morgan fingerprint density at radius 1 is 1.32 bits per heavy atom. The Labute approximate surface area is 129 Å². The molecule has 122 valence electrons. The second-order valence-electron chi connectivity index (χ2n) is 5.58. The van der Waals surface area contributed by atoms with Gasteiger partial charge in [-0.05, 0) is 24.8 Å². The van der Waals surface area contributed by atoms with E-state index in [2.05, 4.69) is 4.72 Å². The standard InChI is InChI=1S/C14H20N2O5S/c1-10-5-3-4-6-12(10)15-22(19,20)14-8-7-11(16(17)18)9-13(14)21-2/h7-10,12,15H,3-6H2,1-2H3. The fourth-order valence-corrected chi connectivity index (χ4v) is 4.28. The molecule has 0 amide bonds. The zero-order chi connectivity index (χ0) is 16.3. The number of ether oxygens (including phenoxy) is 1. The van der Waals surface area contributed by atoms with E-state index in [0.717, 1.165) is 31.7 Å². The third-order valence-electron chi connectivity index (χ3n) is 4.07. The maximum atomic E-state index is 12.5. The largest absolute Gasteiger partial charge is 0.495 e. The van der Waals surface area contributed by atoms with Gasteiger partial charge >= 0.3 is 0 Å². The number of nitrogens with zero attached hydrogens (tertiary/aromatic N) is 1. The van der Waals surface area contributed by atoms with Crippen molar-refractivity contribution in [3.8, 4) is 5.75 Å². The predicted octanol–water partition coefficient (Wildman–Crippen LogP) is 2.46. The first-order valence-corrected chi connectivity index (χ1v) is 8.68. The van der Waals surface area contributed by atoms with Crippen molar-refractivity contribution < 1.29 is 18.1 Å². The molecule has 2 rings (SSSR count). The molecule has 0 radical (unpaired) electrons. The highest BCUT2D eigenvalue weighted by atomic mass is 32.2. The fraction of sp³-hybridized carbons (Fsp3) is 0.571. The lowest BCUT2D eigenvalue weighted by atomic mass is 9.87. The van der Waals surface area contributed by atoms with Gasteiger partial charge in [-0.15, -0.1) is 0 Å². The van der Waals surface area contributed by atoms with Gasteiger partial charge in [-0.1, -0.05) is 19.8 Å². The van der Waals surface area contributed by atoms with Crippen molar-refractivity contribution in [2.45, 2.75) is 43.5 Å². The van der Waals surface area contributed by atoms with Crippen molar-refractivity contribution in [3.05, 3.63) is 28.3 Å². The molecule has 0 saturated heterocycles. The third-order valence-corrected chi connectivity index (χ3v) is 5.59. The molecule has 7 nitrogen and oxygen atoms in total. The second-order valence-corrected chi connectivity index (χ2v) is 7.26. The first kappa shape index (κ1) is 16.7. The van der Waals surface area contributed by atoms with Crippen molar-refractivity contribution in [2.75, 3.05) is 7.11 Å². The van der Waals surface area contributed by atoms with Crippen LogP contribution >= 0.6 is 0 Å². The number of nitro groups is 1. The Bertz CT molecular complexity index is 659. The number of non-ortho nitro benzene ring substituents is 1. The fourth-order valence-electron chi connectivity index (χ4n) is 2.75. The molecule has 1 N–H and O–H groups in total. The molecule has 2 atom stereocenters. The summed E-state index contributed by atoms with van der Waals surface area (Å²) in [5, 5.41) is 10.8. The van der Waals surface area contributed by atoms with Crippen molar-refractivity contribution in [1.82, 2.24) is 4.72 Å². The van der Waals surface area contributed by atoms with Gasteiger partial charge in [0, 0.05) is 12.1 Å². The minimum absolute atomic E-state index is 0.0230. The Hall–Kier alpha value is -1.67. The van der Waals surface area contributed by atoms with Crippen molar-refractivity contribution in [2.24, 2.45) is 5.92 Å². The van der Waals surface area contributed by atoms with Gasteiger partial charge in [-0.25, -0.2) is 13.1 Å². The van der Waals surface area contributed by atoms with E-state index in [1.807, 2.05) is 6.92 Å². The van der Waals surface area contributed by atoms with E-state index < -0.39 is 14.9 Å². The Morgan fingerprint density at radius 2 is 2.00 bits per heavy atom. The van der Waals surface area contributed by atoms with Gasteiger partial charge in [-0.3, -0.25) is 10.1 Å². The molecule has 2 unspecified atom stereocenters. The molecular formula is C14H20N2O5S. The summed E-state index contributed by atoms with van der Waals surface area (Å²) in [5.41, 5.74) is -0.207. The quantitative estimate of drug-likeness (QED) is 0.661. The normalized spacial score (nSPS) is 22.3. The molecule has 1 aliphatic rings. The average molecular weight is 328 g/mol. The number of rotatable bonds is 5. The molecule has 1 fully saturated rings. The summed E-state index contributed by atoms with van der Waals surface area (Å²) in [7, 11) is -2.48. The van der Waals surface area contributed by atoms with Crippen LogP contribution in [0.3, 0.4) is 0 Å². The van der Waals surface area contributed by atoms with Crippen LogP contribution in [0.5, 0.6) is 5.75 Å². The highest BCUT2D eigenvalue weighted by Gasteiger charge is 2.29. The number of nitrogens with one attached hydrogen (secondary N) is 1. The Kier molecular flexibility index (Phi) is 5.02. The van der Waals surface area contributed by atoms with Gasteiger partial charge < -0.3 is 4.74 Å². The smallest absolute Gasteiger partial charge is 0.273 e. The summed E-state index contributed by atoms with van der Waals surface area (Å²) in [6.07, 6.45) is 3.90. The second kappa shape index (κ2) is 6.62. The van der Waals surface area contributed by atoms with Gasteiger partial charge in [0.15, 0.2) is 0 Å². The minimum Gasteiger partial charge on any atom is -0.495 e. The van der Waals surface area contributed by atoms with Gasteiger partial charge in [0.1, 0.15) is 10.6 Å². The molecular weight excluding hydrogens is 308 g/mol. The first-order valence-electron chi connectivity index (χ1n) is 7.20. The zero-order valence-corrected chi connectivity index (χ0v) is 13.4. The average Bonchev–Trinajstić information content (AvgIpc) is 2.48. The van der Waals surface area contributed by atoms with Gasteiger partial charge in [0.25, 0.3) is 5.69 Å². The van der Waals surface area contributed by atoms with Crippen LogP contribution in [0.1, 0.15) is 32.6 Å². The molecule has 0 spiro atoms. The van der Waals surface area contributed by atoms with E-state index in [9.17, 15) is 18.5 Å². The molecule has 0 aliphatic heterocycles. The summed E-state index contributed by atoms with van der Waals surface area (Å²) in [5.74, 6) is 0.248. The van der Waals surface area contributed by atoms with Crippen LogP contribution in [0.4, 0.5) is 5.69 Å². The van der Waals surface area contributed by atoms with Gasteiger partial charge in [0.05, 0.1) is 18.1 Å². The summed E-state index contributed by atoms with van der Waals surface area (Å²) in [6, 6.07) is 3.39. The number of sulfonamides is 1. The SMILES string of the molecule is COc1cc([N+](=O)[O-])ccc1S(=O)(=O)NC1CCCCC1C. The molecule has 1 aliphatic carbocycles. The Morgan fingerprint density at radius 3 is 2.59 bits per heavy atom. The van der Waals surface area contributed by atoms with Gasteiger partial charge in [-0.2, -0.15) is 0 Å². The number of nitro benzene ring substituents is 1. The number of methoxy groups -OCH3 is 1. The molecule has 0 heterocycles. The van der Waals surface area contributed by atoms with Crippen LogP contribution in [0.15, 0.2) is 23.1 Å². The number of benzene rings is 1. The highest BCUT2D eigenvalue weighted by molar-refractivity contribution is 7.89. The maximum absolute atomic E-state index is 12.5. The van der Waals surface area contributed by atoms with E-state index in [1.165, 1.54) is 19.2 Å². The molecule has 1 saturated carbocycles. The van der Waals surface area contributed by atoms with Crippen LogP contribution in [0.25, 0.3) is 0 Å². The molecule has 0 aromatic heterocycles. The Balaban J connectivity index is 2.30. The maximum Gasteiger partial charge on any atom is 0.273 e. The zero-order valence-electron chi connectivity index (χ0n) is 12.6. The molecule has 8 heteroatoms. The number of hydrogen-bond acceptors (Lipinski definition) is 5. The van der Waals surface area contributed by atoms with Crippen LogP contribution < -0.4 is 9.46 Å². The lowest BCUT2D eigenvalue weighted by Crippen LogP contribution is -2.41. The van der Waals surface area contributed by atoms with E-state index in [1.54, 1.807) is 0 Å². The molecule has 1 aromatic carbocycles. The topological polar surface area (TPSA) is 98.5 Å². The first-order chi connectivity index (χ1) is 10.3. The summed E-state index contributed by atoms with van der Waals surface area (Å²) in [6.45, 7) is 2.03. The summed E-state index contributed by atoms with van der Waals surface area (Å²) in [4.78, 5) is 10.1. The third kappa shape index (κ3) is 3.56. The van der Waals surface area contributed by atoms with Crippen LogP contribution in [-0.2, 0) is 10.0 Å². The molecule has 1 aromatic rings. The lowest BCUT2D eigenvalue weighted by Gasteiger charge is -2.29. The van der Waals surface area contributed by atoms with E-state index in [0.29, 0.717) is 0 Å². The summed E-state index contributed by atoms with van der Waals surface area (Å²) < 4.78 is 32.8. The van der Waals surface area contributed by atoms with Gasteiger partial charge in [0.2, 0.25) is 10.0 Å². The summed E-state index contributed by atoms with van der Waals surface area (Å²) >= 11 is 0. The van der Waals surface area contributed by atoms with E-state index in [4.69, 9.17) is 4.74 Å². The van der Waals surface area contributed by atoms with Crippen molar-refractivity contribution >= 4 is 15.7 Å². The molecule has 22 heavy (non-hydrogen) atoms. The van der Waals surface area contributed by atoms with Crippen molar-refractivity contribution in [3.63, 3.8) is 0 Å². The van der Waals surface area contributed by atoms with Crippen LogP contribution in [0, 0.1) is 16.0 Å². The van der Waals surface area contributed by atoms with E-state index in [-0.39, 0.29) is 28.3 Å². The highest BCUT2D eigenvalue weighted by Crippen LogP contribution is 2.30. The number of hydrogen-bond donors (Lipinski definition) is 1. The van der Waals surface area contributed by atoms with Crippen LogP contribution in [-0.4, -0.2) is 26.5 Å². The molecule has 0 bridgehead atoms.